The maximum atomic E-state index is 12.4. The van der Waals surface area contributed by atoms with E-state index in [1.165, 1.54) is 0 Å². The predicted molar refractivity (Wildman–Crippen MR) is 86.6 cm³/mol. The second-order valence-electron chi connectivity index (χ2n) is 6.69. The number of benzene rings is 1. The van der Waals surface area contributed by atoms with Crippen molar-refractivity contribution in [2.45, 2.75) is 32.2 Å². The van der Waals surface area contributed by atoms with Gasteiger partial charge in [0.2, 0.25) is 24.5 Å². The summed E-state index contributed by atoms with van der Waals surface area (Å²) in [4.78, 5) is 38.2. The molecule has 0 unspecified atom stereocenters. The summed E-state index contributed by atoms with van der Waals surface area (Å²) in [5.41, 5.74) is 0.802. The zero-order valence-corrected chi connectivity index (χ0v) is 13.8. The number of likely N-dealkylation sites (tertiary alicyclic amines) is 1. The van der Waals surface area contributed by atoms with Crippen LogP contribution in [0.5, 0.6) is 11.5 Å². The van der Waals surface area contributed by atoms with Crippen LogP contribution >= 0.6 is 0 Å². The second kappa shape index (κ2) is 6.38. The van der Waals surface area contributed by atoms with E-state index in [0.29, 0.717) is 11.5 Å². The number of amides is 3. The maximum absolute atomic E-state index is 12.4. The quantitative estimate of drug-likeness (QED) is 0.830. The van der Waals surface area contributed by atoms with Gasteiger partial charge in [0.05, 0.1) is 11.8 Å². The van der Waals surface area contributed by atoms with E-state index in [1.54, 1.807) is 6.07 Å². The van der Waals surface area contributed by atoms with Gasteiger partial charge in [-0.05, 0) is 18.9 Å². The molecule has 3 amide bonds. The summed E-state index contributed by atoms with van der Waals surface area (Å²) < 4.78 is 10.7. The average Bonchev–Trinajstić information content (AvgIpc) is 3.20. The molecule has 2 aliphatic heterocycles. The molecular weight excluding hydrogens is 324 g/mol. The summed E-state index contributed by atoms with van der Waals surface area (Å²) in [6, 6.07) is 5.47. The normalized spacial score (nSPS) is 24.4. The van der Waals surface area contributed by atoms with Gasteiger partial charge in [-0.2, -0.15) is 0 Å². The van der Waals surface area contributed by atoms with Crippen molar-refractivity contribution in [3.05, 3.63) is 23.8 Å². The number of carbonyl (C=O) groups excluding carboxylic acids is 3. The van der Waals surface area contributed by atoms with E-state index in [9.17, 15) is 14.4 Å². The highest BCUT2D eigenvalue weighted by Gasteiger charge is 2.48. The second-order valence-corrected chi connectivity index (χ2v) is 6.69. The Bertz CT molecular complexity index is 708. The smallest absolute Gasteiger partial charge is 0.240 e. The summed E-state index contributed by atoms with van der Waals surface area (Å²) in [6.45, 7) is 0.214. The molecule has 1 N–H and O–H groups in total. The third-order valence-corrected chi connectivity index (χ3v) is 5.19. The van der Waals surface area contributed by atoms with Crippen LogP contribution in [0.1, 0.15) is 31.2 Å². The Balaban J connectivity index is 1.37. The number of hydrogen-bond donors (Lipinski definition) is 1. The number of rotatable bonds is 4. The van der Waals surface area contributed by atoms with Gasteiger partial charge < -0.3 is 14.8 Å². The van der Waals surface area contributed by atoms with Crippen LogP contribution in [0.3, 0.4) is 0 Å². The minimum absolute atomic E-state index is 0.167. The number of imide groups is 1. The fraction of sp³-hybridized carbons (Fsp3) is 0.500. The van der Waals surface area contributed by atoms with Crippen molar-refractivity contribution in [3.8, 4) is 11.5 Å². The molecule has 0 radical (unpaired) electrons. The molecule has 1 aliphatic carbocycles. The van der Waals surface area contributed by atoms with Crippen LogP contribution in [0.4, 0.5) is 0 Å². The summed E-state index contributed by atoms with van der Waals surface area (Å²) in [5, 5.41) is 2.76. The minimum atomic E-state index is -0.350. The van der Waals surface area contributed by atoms with Crippen LogP contribution < -0.4 is 14.8 Å². The van der Waals surface area contributed by atoms with Gasteiger partial charge in [0.25, 0.3) is 0 Å². The van der Waals surface area contributed by atoms with Crippen LogP contribution in [0, 0.1) is 11.8 Å². The average molecular weight is 344 g/mol. The van der Waals surface area contributed by atoms with Crippen molar-refractivity contribution in [1.82, 2.24) is 10.2 Å². The van der Waals surface area contributed by atoms with E-state index in [2.05, 4.69) is 5.32 Å². The Morgan fingerprint density at radius 1 is 1.12 bits per heavy atom. The van der Waals surface area contributed by atoms with Crippen LogP contribution in [-0.2, 0) is 20.9 Å². The summed E-state index contributed by atoms with van der Waals surface area (Å²) in [6.07, 6.45) is 3.45. The van der Waals surface area contributed by atoms with Crippen LogP contribution in [0.25, 0.3) is 0 Å². The maximum Gasteiger partial charge on any atom is 0.240 e. The SMILES string of the molecule is O=C(CN1C(=O)[C@@H]2CCCC[C@H]2C1=O)NCc1cccc2c1OCO2. The van der Waals surface area contributed by atoms with Crippen molar-refractivity contribution in [3.63, 3.8) is 0 Å². The molecule has 25 heavy (non-hydrogen) atoms. The third-order valence-electron chi connectivity index (χ3n) is 5.19. The van der Waals surface area contributed by atoms with Crippen molar-refractivity contribution < 1.29 is 23.9 Å². The molecule has 7 nitrogen and oxygen atoms in total. The van der Waals surface area contributed by atoms with E-state index in [-0.39, 0.29) is 49.4 Å². The lowest BCUT2D eigenvalue weighted by atomic mass is 9.81. The number of nitrogens with zero attached hydrogens (tertiary/aromatic N) is 1. The van der Waals surface area contributed by atoms with Gasteiger partial charge in [-0.1, -0.05) is 25.0 Å². The molecule has 0 bridgehead atoms. The molecular formula is C18H20N2O5. The van der Waals surface area contributed by atoms with E-state index in [0.717, 1.165) is 36.1 Å². The zero-order valence-electron chi connectivity index (χ0n) is 13.8. The minimum Gasteiger partial charge on any atom is -0.454 e. The van der Waals surface area contributed by atoms with Gasteiger partial charge >= 0.3 is 0 Å². The van der Waals surface area contributed by atoms with Gasteiger partial charge in [0.1, 0.15) is 6.54 Å². The molecule has 7 heteroatoms. The Morgan fingerprint density at radius 3 is 2.56 bits per heavy atom. The van der Waals surface area contributed by atoms with Gasteiger partial charge in [-0.3, -0.25) is 19.3 Å². The summed E-state index contributed by atoms with van der Waals surface area (Å²) in [7, 11) is 0. The molecule has 2 heterocycles. The first-order valence-electron chi connectivity index (χ1n) is 8.64. The topological polar surface area (TPSA) is 84.9 Å². The number of para-hydroxylation sites is 1. The lowest BCUT2D eigenvalue weighted by Gasteiger charge is -2.19. The lowest BCUT2D eigenvalue weighted by molar-refractivity contribution is -0.143. The Kier molecular flexibility index (Phi) is 4.07. The number of ether oxygens (including phenoxy) is 2. The van der Waals surface area contributed by atoms with Gasteiger partial charge in [0, 0.05) is 12.1 Å². The Labute approximate surface area is 145 Å². The molecule has 132 valence electrons. The predicted octanol–water partition coefficient (Wildman–Crippen LogP) is 1.21. The Hall–Kier alpha value is -2.57. The zero-order chi connectivity index (χ0) is 17.4. The third kappa shape index (κ3) is 2.83. The molecule has 2 fully saturated rings. The van der Waals surface area contributed by atoms with E-state index >= 15 is 0 Å². The molecule has 1 aromatic carbocycles. The summed E-state index contributed by atoms with van der Waals surface area (Å²) in [5.74, 6) is 0.0955. The lowest BCUT2D eigenvalue weighted by Crippen LogP contribution is -2.40. The fourth-order valence-corrected chi connectivity index (χ4v) is 3.91. The highest BCUT2D eigenvalue weighted by molar-refractivity contribution is 6.07. The number of fused-ring (bicyclic) bond motifs is 2. The van der Waals surface area contributed by atoms with Crippen LogP contribution in [0.2, 0.25) is 0 Å². The van der Waals surface area contributed by atoms with E-state index in [4.69, 9.17) is 9.47 Å². The molecule has 3 aliphatic rings. The van der Waals surface area contributed by atoms with E-state index in [1.807, 2.05) is 12.1 Å². The van der Waals surface area contributed by atoms with Gasteiger partial charge in [-0.15, -0.1) is 0 Å². The molecule has 1 saturated heterocycles. The highest BCUT2D eigenvalue weighted by atomic mass is 16.7. The van der Waals surface area contributed by atoms with Gasteiger partial charge in [-0.25, -0.2) is 0 Å². The molecule has 0 aromatic heterocycles. The molecule has 1 aromatic rings. The van der Waals surface area contributed by atoms with Crippen molar-refractivity contribution in [2.75, 3.05) is 13.3 Å². The molecule has 2 atom stereocenters. The van der Waals surface area contributed by atoms with Crippen molar-refractivity contribution >= 4 is 17.7 Å². The first-order valence-corrected chi connectivity index (χ1v) is 8.64. The van der Waals surface area contributed by atoms with Crippen molar-refractivity contribution in [2.24, 2.45) is 11.8 Å². The highest BCUT2D eigenvalue weighted by Crippen LogP contribution is 2.38. The largest absolute Gasteiger partial charge is 0.454 e. The van der Waals surface area contributed by atoms with Crippen LogP contribution in [-0.4, -0.2) is 36.0 Å². The summed E-state index contributed by atoms with van der Waals surface area (Å²) >= 11 is 0. The van der Waals surface area contributed by atoms with Crippen LogP contribution in [0.15, 0.2) is 18.2 Å². The van der Waals surface area contributed by atoms with Crippen molar-refractivity contribution in [1.29, 1.82) is 0 Å². The molecule has 1 saturated carbocycles. The Morgan fingerprint density at radius 2 is 1.84 bits per heavy atom. The fourth-order valence-electron chi connectivity index (χ4n) is 3.91. The number of hydrogen-bond acceptors (Lipinski definition) is 5. The molecule has 0 spiro atoms. The first kappa shape index (κ1) is 15.9. The number of carbonyl (C=O) groups is 3. The molecule has 4 rings (SSSR count). The standard InChI is InChI=1S/C18H20N2O5/c21-15(19-8-11-4-3-7-14-16(11)25-10-24-14)9-20-17(22)12-5-1-2-6-13(12)18(20)23/h3-4,7,12-13H,1-2,5-6,8-10H2,(H,19,21)/t12-,13-/m1/s1. The monoisotopic (exact) mass is 344 g/mol. The van der Waals surface area contributed by atoms with Gasteiger partial charge in [0.15, 0.2) is 11.5 Å². The first-order chi connectivity index (χ1) is 12.1. The number of nitrogens with one attached hydrogen (secondary N) is 1. The van der Waals surface area contributed by atoms with E-state index < -0.39 is 0 Å².